The lowest BCUT2D eigenvalue weighted by atomic mass is 10.1. The summed E-state index contributed by atoms with van der Waals surface area (Å²) in [5.74, 6) is 0.380. The smallest absolute Gasteiger partial charge is 0.274 e. The third-order valence-corrected chi connectivity index (χ3v) is 3.28. The van der Waals surface area contributed by atoms with Gasteiger partial charge in [0.1, 0.15) is 5.69 Å². The molecule has 0 spiro atoms. The Morgan fingerprint density at radius 2 is 1.50 bits per heavy atom. The second-order valence-corrected chi connectivity index (χ2v) is 4.95. The quantitative estimate of drug-likeness (QED) is 0.757. The van der Waals surface area contributed by atoms with Gasteiger partial charge in [-0.25, -0.2) is 0 Å². The Hall–Kier alpha value is -2.95. The van der Waals surface area contributed by atoms with E-state index in [0.717, 1.165) is 11.1 Å². The van der Waals surface area contributed by atoms with Crippen molar-refractivity contribution in [3.8, 4) is 0 Å². The molecule has 1 aromatic heterocycles. The topological polar surface area (TPSA) is 70.7 Å². The maximum atomic E-state index is 12.1. The van der Waals surface area contributed by atoms with Crippen molar-refractivity contribution in [2.24, 2.45) is 0 Å². The zero-order chi connectivity index (χ0) is 15.2. The van der Waals surface area contributed by atoms with E-state index in [9.17, 15) is 4.79 Å². The number of benzene rings is 2. The molecule has 0 aliphatic rings. The maximum Gasteiger partial charge on any atom is 0.274 e. The minimum atomic E-state index is -0.214. The summed E-state index contributed by atoms with van der Waals surface area (Å²) in [6, 6.07) is 19.6. The first kappa shape index (κ1) is 14.0. The Morgan fingerprint density at radius 1 is 0.864 bits per heavy atom. The first-order valence-electron chi connectivity index (χ1n) is 7.09. The largest absolute Gasteiger partial charge is 0.350 e. The van der Waals surface area contributed by atoms with E-state index in [1.807, 2.05) is 60.7 Å². The van der Waals surface area contributed by atoms with Gasteiger partial charge in [-0.05, 0) is 11.1 Å². The van der Waals surface area contributed by atoms with Gasteiger partial charge in [0.25, 0.3) is 5.56 Å². The summed E-state index contributed by atoms with van der Waals surface area (Å²) in [5, 5.41) is 11.1. The molecule has 2 N–H and O–H groups in total. The zero-order valence-corrected chi connectivity index (χ0v) is 12.0. The highest BCUT2D eigenvalue weighted by Crippen LogP contribution is 2.04. The van der Waals surface area contributed by atoms with Crippen LogP contribution >= 0.6 is 0 Å². The second kappa shape index (κ2) is 6.67. The molecule has 110 valence electrons. The van der Waals surface area contributed by atoms with Crippen molar-refractivity contribution in [2.75, 3.05) is 5.32 Å². The SMILES string of the molecule is O=c1[nH]c(NCc2ccccc2)nnc1Cc1ccccc1. The van der Waals surface area contributed by atoms with Crippen molar-refractivity contribution in [1.82, 2.24) is 15.2 Å². The van der Waals surface area contributed by atoms with Gasteiger partial charge in [-0.2, -0.15) is 0 Å². The zero-order valence-electron chi connectivity index (χ0n) is 12.0. The molecule has 0 atom stereocenters. The first-order valence-corrected chi connectivity index (χ1v) is 7.09. The van der Waals surface area contributed by atoms with Gasteiger partial charge in [-0.3, -0.25) is 9.78 Å². The molecule has 0 saturated carbocycles. The van der Waals surface area contributed by atoms with Crippen molar-refractivity contribution in [1.29, 1.82) is 0 Å². The maximum absolute atomic E-state index is 12.1. The molecule has 5 nitrogen and oxygen atoms in total. The summed E-state index contributed by atoms with van der Waals surface area (Å²) in [6.07, 6.45) is 0.474. The number of aromatic amines is 1. The van der Waals surface area contributed by atoms with E-state index in [0.29, 0.717) is 24.6 Å². The molecule has 1 heterocycles. The molecular weight excluding hydrogens is 276 g/mol. The summed E-state index contributed by atoms with van der Waals surface area (Å²) < 4.78 is 0. The lowest BCUT2D eigenvalue weighted by Crippen LogP contribution is -2.19. The van der Waals surface area contributed by atoms with E-state index >= 15 is 0 Å². The number of aromatic nitrogens is 3. The molecule has 3 aromatic rings. The van der Waals surface area contributed by atoms with Gasteiger partial charge >= 0.3 is 0 Å². The number of hydrogen-bond donors (Lipinski definition) is 2. The Bertz CT molecular complexity index is 785. The van der Waals surface area contributed by atoms with Gasteiger partial charge in [0.15, 0.2) is 0 Å². The highest BCUT2D eigenvalue weighted by molar-refractivity contribution is 5.27. The molecule has 0 amide bonds. The average molecular weight is 292 g/mol. The normalized spacial score (nSPS) is 10.4. The Labute approximate surface area is 128 Å². The summed E-state index contributed by atoms with van der Waals surface area (Å²) in [6.45, 7) is 0.587. The number of hydrogen-bond acceptors (Lipinski definition) is 4. The summed E-state index contributed by atoms with van der Waals surface area (Å²) in [7, 11) is 0. The molecule has 0 fully saturated rings. The molecule has 3 rings (SSSR count). The Kier molecular flexibility index (Phi) is 4.25. The van der Waals surface area contributed by atoms with Crippen LogP contribution in [0.25, 0.3) is 0 Å². The lowest BCUT2D eigenvalue weighted by Gasteiger charge is -2.05. The van der Waals surface area contributed by atoms with E-state index in [1.165, 1.54) is 0 Å². The predicted octanol–water partition coefficient (Wildman–Crippen LogP) is 2.37. The fraction of sp³-hybridized carbons (Fsp3) is 0.118. The number of nitrogens with zero attached hydrogens (tertiary/aromatic N) is 2. The number of anilines is 1. The van der Waals surface area contributed by atoms with Gasteiger partial charge < -0.3 is 5.32 Å². The van der Waals surface area contributed by atoms with Gasteiger partial charge in [0.05, 0.1) is 0 Å². The van der Waals surface area contributed by atoms with Crippen molar-refractivity contribution < 1.29 is 0 Å². The highest BCUT2D eigenvalue weighted by Gasteiger charge is 2.05. The number of H-pyrrole nitrogens is 1. The van der Waals surface area contributed by atoms with Crippen molar-refractivity contribution in [3.05, 3.63) is 87.8 Å². The predicted molar refractivity (Wildman–Crippen MR) is 85.7 cm³/mol. The van der Waals surface area contributed by atoms with Crippen LogP contribution in [0.15, 0.2) is 65.5 Å². The van der Waals surface area contributed by atoms with E-state index in [1.54, 1.807) is 0 Å². The van der Waals surface area contributed by atoms with Crippen LogP contribution in [0, 0.1) is 0 Å². The molecular formula is C17H16N4O. The first-order chi connectivity index (χ1) is 10.8. The van der Waals surface area contributed by atoms with E-state index in [4.69, 9.17) is 0 Å². The Morgan fingerprint density at radius 3 is 2.14 bits per heavy atom. The van der Waals surface area contributed by atoms with Crippen molar-refractivity contribution >= 4 is 5.95 Å². The van der Waals surface area contributed by atoms with Gasteiger partial charge in [0.2, 0.25) is 5.95 Å². The van der Waals surface area contributed by atoms with Crippen LogP contribution in [0.1, 0.15) is 16.8 Å². The van der Waals surface area contributed by atoms with Crippen LogP contribution in [-0.2, 0) is 13.0 Å². The van der Waals surface area contributed by atoms with Crippen LogP contribution in [0.3, 0.4) is 0 Å². The highest BCUT2D eigenvalue weighted by atomic mass is 16.1. The summed E-state index contributed by atoms with van der Waals surface area (Å²) >= 11 is 0. The molecule has 2 aromatic carbocycles. The van der Waals surface area contributed by atoms with Gasteiger partial charge in [0, 0.05) is 13.0 Å². The van der Waals surface area contributed by atoms with Crippen LogP contribution in [0.4, 0.5) is 5.95 Å². The monoisotopic (exact) mass is 292 g/mol. The third-order valence-electron chi connectivity index (χ3n) is 3.28. The third kappa shape index (κ3) is 3.58. The summed E-state index contributed by atoms with van der Waals surface area (Å²) in [5.41, 5.74) is 2.34. The van der Waals surface area contributed by atoms with Gasteiger partial charge in [-0.15, -0.1) is 10.2 Å². The van der Waals surface area contributed by atoms with E-state index < -0.39 is 0 Å². The molecule has 0 aliphatic heterocycles. The number of rotatable bonds is 5. The molecule has 0 radical (unpaired) electrons. The summed E-state index contributed by atoms with van der Waals surface area (Å²) in [4.78, 5) is 14.8. The molecule has 22 heavy (non-hydrogen) atoms. The molecule has 0 unspecified atom stereocenters. The minimum absolute atomic E-state index is 0.214. The fourth-order valence-corrected chi connectivity index (χ4v) is 2.13. The van der Waals surface area contributed by atoms with Crippen molar-refractivity contribution in [3.63, 3.8) is 0 Å². The fourth-order valence-electron chi connectivity index (χ4n) is 2.13. The molecule has 0 bridgehead atoms. The van der Waals surface area contributed by atoms with E-state index in [2.05, 4.69) is 20.5 Å². The number of nitrogens with one attached hydrogen (secondary N) is 2. The molecule has 5 heteroatoms. The van der Waals surface area contributed by atoms with Crippen LogP contribution < -0.4 is 10.9 Å². The van der Waals surface area contributed by atoms with Gasteiger partial charge in [-0.1, -0.05) is 60.7 Å². The van der Waals surface area contributed by atoms with Crippen LogP contribution in [0.2, 0.25) is 0 Å². The molecule has 0 aliphatic carbocycles. The standard InChI is InChI=1S/C17H16N4O/c22-16-15(11-13-7-3-1-4-8-13)20-21-17(19-16)18-12-14-9-5-2-6-10-14/h1-10H,11-12H2,(H2,18,19,21,22). The van der Waals surface area contributed by atoms with E-state index in [-0.39, 0.29) is 5.56 Å². The minimum Gasteiger partial charge on any atom is -0.350 e. The Balaban J connectivity index is 1.68. The average Bonchev–Trinajstić information content (AvgIpc) is 2.57. The van der Waals surface area contributed by atoms with Crippen LogP contribution in [0.5, 0.6) is 0 Å². The van der Waals surface area contributed by atoms with Crippen molar-refractivity contribution in [2.45, 2.75) is 13.0 Å². The van der Waals surface area contributed by atoms with Crippen LogP contribution in [-0.4, -0.2) is 15.2 Å². The molecule has 0 saturated heterocycles. The lowest BCUT2D eigenvalue weighted by molar-refractivity contribution is 0.859. The second-order valence-electron chi connectivity index (χ2n) is 4.95.